The summed E-state index contributed by atoms with van der Waals surface area (Å²) in [7, 11) is 0. The highest BCUT2D eigenvalue weighted by atomic mass is 32.1. The Morgan fingerprint density at radius 1 is 0.690 bits per heavy atom. The number of rotatable bonds is 8. The van der Waals surface area contributed by atoms with Crippen LogP contribution in [0.3, 0.4) is 0 Å². The van der Waals surface area contributed by atoms with Gasteiger partial charge in [-0.3, -0.25) is 9.59 Å². The van der Waals surface area contributed by atoms with Gasteiger partial charge in [-0.25, -0.2) is 0 Å². The summed E-state index contributed by atoms with van der Waals surface area (Å²) in [5.41, 5.74) is 0.212. The van der Waals surface area contributed by atoms with Crippen LogP contribution < -0.4 is 10.6 Å². The van der Waals surface area contributed by atoms with Gasteiger partial charge in [0, 0.05) is 9.73 Å². The first-order chi connectivity index (χ1) is 13.5. The van der Waals surface area contributed by atoms with Crippen LogP contribution in [-0.4, -0.2) is 32.6 Å². The first kappa shape index (κ1) is 22.8. The fraction of sp³-hybridized carbons (Fsp3) is 0.304. The van der Waals surface area contributed by atoms with Crippen LogP contribution in [0.4, 0.5) is 0 Å². The summed E-state index contributed by atoms with van der Waals surface area (Å²) in [6.07, 6.45) is -0.304. The molecule has 152 valence electrons. The Balaban J connectivity index is 1.97. The van der Waals surface area contributed by atoms with E-state index < -0.39 is 22.9 Å². The first-order valence-corrected chi connectivity index (χ1v) is 10.2. The Kier molecular flexibility index (Phi) is 7.38. The summed E-state index contributed by atoms with van der Waals surface area (Å²) >= 11 is 11.1. The number of carbonyl (C=O) groups is 2. The molecule has 2 aromatic carbocycles. The molecule has 0 atom stereocenters. The van der Waals surface area contributed by atoms with E-state index in [2.05, 4.69) is 10.6 Å². The van der Waals surface area contributed by atoms with Crippen molar-refractivity contribution in [1.29, 1.82) is 0 Å². The molecule has 0 saturated heterocycles. The summed E-state index contributed by atoms with van der Waals surface area (Å²) in [6, 6.07) is 19.0. The van der Waals surface area contributed by atoms with Gasteiger partial charge in [0.1, 0.15) is 6.42 Å². The van der Waals surface area contributed by atoms with E-state index >= 15 is 0 Å². The van der Waals surface area contributed by atoms with Crippen molar-refractivity contribution in [2.45, 2.75) is 45.2 Å². The van der Waals surface area contributed by atoms with Crippen LogP contribution in [0.25, 0.3) is 0 Å². The minimum Gasteiger partial charge on any atom is -0.346 e. The number of benzene rings is 2. The molecule has 2 rings (SSSR count). The predicted octanol–water partition coefficient (Wildman–Crippen LogP) is 4.00. The molecule has 0 unspecified atom stereocenters. The van der Waals surface area contributed by atoms with Crippen LogP contribution >= 0.6 is 24.4 Å². The van der Waals surface area contributed by atoms with Gasteiger partial charge in [0.05, 0.1) is 11.1 Å². The van der Waals surface area contributed by atoms with Crippen LogP contribution in [0.5, 0.6) is 0 Å². The minimum absolute atomic E-state index is 0.304. The van der Waals surface area contributed by atoms with E-state index in [1.807, 2.05) is 88.4 Å². The van der Waals surface area contributed by atoms with Crippen molar-refractivity contribution in [2.24, 2.45) is 0 Å². The van der Waals surface area contributed by atoms with Crippen molar-refractivity contribution in [1.82, 2.24) is 10.6 Å². The van der Waals surface area contributed by atoms with Crippen molar-refractivity contribution < 1.29 is 9.59 Å². The maximum Gasteiger partial charge on any atom is 0.230 e. The third kappa shape index (κ3) is 6.27. The molecule has 2 aromatic rings. The van der Waals surface area contributed by atoms with Crippen LogP contribution in [0, 0.1) is 0 Å². The molecule has 29 heavy (non-hydrogen) atoms. The van der Waals surface area contributed by atoms with Gasteiger partial charge >= 0.3 is 0 Å². The van der Waals surface area contributed by atoms with E-state index in [1.165, 1.54) is 0 Å². The maximum absolute atomic E-state index is 12.5. The topological polar surface area (TPSA) is 58.2 Å². The van der Waals surface area contributed by atoms with E-state index in [0.29, 0.717) is 9.73 Å². The fourth-order valence-corrected chi connectivity index (χ4v) is 3.32. The number of hydrogen-bond acceptors (Lipinski definition) is 4. The molecule has 0 fully saturated rings. The smallest absolute Gasteiger partial charge is 0.230 e. The monoisotopic (exact) mass is 426 g/mol. The second-order valence-electron chi connectivity index (χ2n) is 7.91. The molecule has 0 spiro atoms. The SMILES string of the molecule is CC(C)(NC(=O)CC(=O)NC(C)(C)C(=S)c1ccccc1)C(=S)c1ccccc1. The minimum atomic E-state index is -0.761. The lowest BCUT2D eigenvalue weighted by Gasteiger charge is -2.29. The van der Waals surface area contributed by atoms with Gasteiger partial charge in [-0.1, -0.05) is 85.1 Å². The van der Waals surface area contributed by atoms with Crippen molar-refractivity contribution >= 4 is 46.0 Å². The Labute approximate surface area is 183 Å². The van der Waals surface area contributed by atoms with Gasteiger partial charge in [-0.2, -0.15) is 0 Å². The van der Waals surface area contributed by atoms with Crippen molar-refractivity contribution in [3.05, 3.63) is 71.8 Å². The summed E-state index contributed by atoms with van der Waals surface area (Å²) in [5.74, 6) is -0.792. The molecule has 0 heterocycles. The van der Waals surface area contributed by atoms with Crippen LogP contribution in [0.2, 0.25) is 0 Å². The second-order valence-corrected chi connectivity index (χ2v) is 8.73. The third-order valence-corrected chi connectivity index (χ3v) is 5.92. The number of carbonyl (C=O) groups excluding carboxylic acids is 2. The maximum atomic E-state index is 12.5. The number of amides is 2. The van der Waals surface area contributed by atoms with E-state index in [9.17, 15) is 9.59 Å². The lowest BCUT2D eigenvalue weighted by Crippen LogP contribution is -2.53. The van der Waals surface area contributed by atoms with E-state index in [1.54, 1.807) is 0 Å². The zero-order valence-electron chi connectivity index (χ0n) is 17.1. The normalized spacial score (nSPS) is 11.4. The number of thiocarbonyl (C=S) groups is 2. The highest BCUT2D eigenvalue weighted by Crippen LogP contribution is 2.16. The van der Waals surface area contributed by atoms with Gasteiger partial charge in [-0.05, 0) is 38.8 Å². The molecule has 2 N–H and O–H groups in total. The number of nitrogens with one attached hydrogen (secondary N) is 2. The molecular weight excluding hydrogens is 400 g/mol. The highest BCUT2D eigenvalue weighted by Gasteiger charge is 2.30. The average molecular weight is 427 g/mol. The largest absolute Gasteiger partial charge is 0.346 e. The molecule has 4 nitrogen and oxygen atoms in total. The van der Waals surface area contributed by atoms with Gasteiger partial charge in [0.2, 0.25) is 11.8 Å². The lowest BCUT2D eigenvalue weighted by molar-refractivity contribution is -0.130. The van der Waals surface area contributed by atoms with E-state index in [4.69, 9.17) is 24.4 Å². The molecule has 2 amide bonds. The standard InChI is InChI=1S/C23H26N2O2S2/c1-22(2,20(28)16-11-7-5-8-12-16)24-18(26)15-19(27)25-23(3,4)21(29)17-13-9-6-10-14-17/h5-14H,15H2,1-4H3,(H,24,26)(H,25,27). The summed E-state index contributed by atoms with van der Waals surface area (Å²) in [6.45, 7) is 7.30. The first-order valence-electron chi connectivity index (χ1n) is 9.34. The molecule has 0 aliphatic carbocycles. The predicted molar refractivity (Wildman–Crippen MR) is 125 cm³/mol. The molecule has 0 bridgehead atoms. The van der Waals surface area contributed by atoms with Gasteiger partial charge < -0.3 is 10.6 Å². The highest BCUT2D eigenvalue weighted by molar-refractivity contribution is 7.81. The molecule has 0 radical (unpaired) electrons. The zero-order chi connectivity index (χ0) is 21.7. The molecule has 6 heteroatoms. The molecule has 0 saturated carbocycles. The molecule has 0 aromatic heterocycles. The summed E-state index contributed by atoms with van der Waals surface area (Å²) in [5, 5.41) is 5.72. The van der Waals surface area contributed by atoms with Crippen LogP contribution in [0.15, 0.2) is 60.7 Å². The fourth-order valence-electron chi connectivity index (χ4n) is 2.95. The molecule has 0 aliphatic heterocycles. The van der Waals surface area contributed by atoms with Crippen molar-refractivity contribution in [3.8, 4) is 0 Å². The second kappa shape index (κ2) is 9.37. The molecule has 0 aliphatic rings. The van der Waals surface area contributed by atoms with Gasteiger partial charge in [-0.15, -0.1) is 0 Å². The van der Waals surface area contributed by atoms with Gasteiger partial charge in [0.25, 0.3) is 0 Å². The Bertz CT molecular complexity index is 831. The van der Waals surface area contributed by atoms with Crippen molar-refractivity contribution in [3.63, 3.8) is 0 Å². The third-order valence-electron chi connectivity index (χ3n) is 4.43. The Hall–Kier alpha value is -2.44. The van der Waals surface area contributed by atoms with Crippen LogP contribution in [0.1, 0.15) is 45.2 Å². The quantitative estimate of drug-likeness (QED) is 0.381. The Morgan fingerprint density at radius 3 is 1.31 bits per heavy atom. The van der Waals surface area contributed by atoms with Crippen LogP contribution in [-0.2, 0) is 9.59 Å². The average Bonchev–Trinajstić information content (AvgIpc) is 2.67. The zero-order valence-corrected chi connectivity index (χ0v) is 18.7. The number of hydrogen-bond donors (Lipinski definition) is 2. The summed E-state index contributed by atoms with van der Waals surface area (Å²) in [4.78, 5) is 26.1. The van der Waals surface area contributed by atoms with E-state index in [-0.39, 0.29) is 6.42 Å². The Morgan fingerprint density at radius 2 is 1.00 bits per heavy atom. The van der Waals surface area contributed by atoms with Gasteiger partial charge in [0.15, 0.2) is 0 Å². The lowest BCUT2D eigenvalue weighted by atomic mass is 9.93. The van der Waals surface area contributed by atoms with Crippen molar-refractivity contribution in [2.75, 3.05) is 0 Å². The van der Waals surface area contributed by atoms with E-state index in [0.717, 1.165) is 11.1 Å². The molecular formula is C23H26N2O2S2. The summed E-state index contributed by atoms with van der Waals surface area (Å²) < 4.78 is 0.